The van der Waals surface area contributed by atoms with Gasteiger partial charge in [-0.25, -0.2) is 0 Å². The molecule has 0 aromatic rings. The lowest BCUT2D eigenvalue weighted by Crippen LogP contribution is -2.52. The molecule has 3 aliphatic rings. The van der Waals surface area contributed by atoms with Gasteiger partial charge in [0.2, 0.25) is 0 Å². The smallest absolute Gasteiger partial charge is 0.190 e. The van der Waals surface area contributed by atoms with Crippen LogP contribution in [0.3, 0.4) is 0 Å². The minimum atomic E-state index is -0.403. The quantitative estimate of drug-likeness (QED) is 0.816. The van der Waals surface area contributed by atoms with Gasteiger partial charge in [0.25, 0.3) is 0 Å². The van der Waals surface area contributed by atoms with Crippen molar-refractivity contribution in [2.45, 2.75) is 76.4 Å². The molecule has 0 aliphatic carbocycles. The molecule has 3 rings (SSSR count). The fourth-order valence-corrected chi connectivity index (χ4v) is 2.94. The van der Waals surface area contributed by atoms with E-state index in [2.05, 4.69) is 6.92 Å². The van der Waals surface area contributed by atoms with E-state index in [1.54, 1.807) is 0 Å². The van der Waals surface area contributed by atoms with Gasteiger partial charge in [0.1, 0.15) is 24.4 Å². The molecule has 6 heteroatoms. The van der Waals surface area contributed by atoms with Crippen LogP contribution in [0.1, 0.15) is 33.1 Å². The molecule has 0 aromatic carbocycles. The van der Waals surface area contributed by atoms with Gasteiger partial charge in [0.15, 0.2) is 18.9 Å². The minimum Gasteiger partial charge on any atom is -0.394 e. The lowest BCUT2D eigenvalue weighted by atomic mass is 10.0. The molecule has 7 atom stereocenters. The van der Waals surface area contributed by atoms with Crippen LogP contribution in [-0.2, 0) is 23.7 Å². The summed E-state index contributed by atoms with van der Waals surface area (Å²) in [6.07, 6.45) is 0.953. The molecule has 0 spiro atoms. The minimum absolute atomic E-state index is 0.0897. The monoisotopic (exact) mass is 274 g/mol. The van der Waals surface area contributed by atoms with E-state index in [0.717, 1.165) is 19.3 Å². The molecule has 0 radical (unpaired) electrons. The van der Waals surface area contributed by atoms with Crippen molar-refractivity contribution >= 4 is 0 Å². The third kappa shape index (κ3) is 2.53. The summed E-state index contributed by atoms with van der Waals surface area (Å²) in [7, 11) is 0. The first kappa shape index (κ1) is 13.7. The zero-order valence-corrected chi connectivity index (χ0v) is 11.4. The van der Waals surface area contributed by atoms with Gasteiger partial charge in [-0.05, 0) is 19.8 Å². The molecule has 0 bridgehead atoms. The molecule has 3 fully saturated rings. The number of rotatable bonds is 4. The van der Waals surface area contributed by atoms with Crippen LogP contribution in [0.4, 0.5) is 0 Å². The topological polar surface area (TPSA) is 66.4 Å². The molecular formula is C13H22O6. The first-order valence-corrected chi connectivity index (χ1v) is 7.11. The van der Waals surface area contributed by atoms with Crippen LogP contribution in [0, 0.1) is 0 Å². The molecule has 7 unspecified atom stereocenters. The van der Waals surface area contributed by atoms with E-state index in [4.69, 9.17) is 23.7 Å². The van der Waals surface area contributed by atoms with E-state index >= 15 is 0 Å². The maximum Gasteiger partial charge on any atom is 0.190 e. The number of unbranched alkanes of at least 4 members (excludes halogenated alkanes) is 1. The highest BCUT2D eigenvalue weighted by Crippen LogP contribution is 2.39. The van der Waals surface area contributed by atoms with E-state index in [9.17, 15) is 5.11 Å². The summed E-state index contributed by atoms with van der Waals surface area (Å²) < 4.78 is 28.7. The van der Waals surface area contributed by atoms with Gasteiger partial charge in [-0.15, -0.1) is 0 Å². The summed E-state index contributed by atoms with van der Waals surface area (Å²) in [6, 6.07) is 0. The van der Waals surface area contributed by atoms with Crippen LogP contribution in [0.5, 0.6) is 0 Å². The third-order valence-electron chi connectivity index (χ3n) is 3.86. The van der Waals surface area contributed by atoms with Crippen LogP contribution in [0.15, 0.2) is 0 Å². The van der Waals surface area contributed by atoms with Crippen molar-refractivity contribution in [2.75, 3.05) is 6.61 Å². The number of ether oxygens (including phenoxy) is 5. The Labute approximate surface area is 112 Å². The molecule has 110 valence electrons. The lowest BCUT2D eigenvalue weighted by Gasteiger charge is -2.37. The second-order valence-corrected chi connectivity index (χ2v) is 5.30. The predicted molar refractivity (Wildman–Crippen MR) is 64.2 cm³/mol. The van der Waals surface area contributed by atoms with E-state index in [-0.39, 0.29) is 43.6 Å². The highest BCUT2D eigenvalue weighted by molar-refractivity contribution is 4.97. The Morgan fingerprint density at radius 3 is 2.53 bits per heavy atom. The van der Waals surface area contributed by atoms with Gasteiger partial charge in [-0.2, -0.15) is 0 Å². The Hall–Kier alpha value is -0.240. The number of fused-ring (bicyclic) bond motifs is 3. The molecule has 1 N–H and O–H groups in total. The molecule has 0 aromatic heterocycles. The van der Waals surface area contributed by atoms with Crippen molar-refractivity contribution in [2.24, 2.45) is 0 Å². The molecule has 3 aliphatic heterocycles. The van der Waals surface area contributed by atoms with Crippen molar-refractivity contribution in [1.29, 1.82) is 0 Å². The van der Waals surface area contributed by atoms with E-state index in [1.807, 2.05) is 6.92 Å². The largest absolute Gasteiger partial charge is 0.394 e. The molecule has 6 nitrogen and oxygen atoms in total. The van der Waals surface area contributed by atoms with Crippen LogP contribution in [0.2, 0.25) is 0 Å². The summed E-state index contributed by atoms with van der Waals surface area (Å²) in [5, 5.41) is 9.35. The first-order valence-electron chi connectivity index (χ1n) is 7.11. The zero-order chi connectivity index (χ0) is 13.4. The highest BCUT2D eigenvalue weighted by Gasteiger charge is 2.57. The zero-order valence-electron chi connectivity index (χ0n) is 11.4. The molecule has 19 heavy (non-hydrogen) atoms. The van der Waals surface area contributed by atoms with Crippen molar-refractivity contribution in [3.63, 3.8) is 0 Å². The molecule has 3 heterocycles. The number of hydrogen-bond acceptors (Lipinski definition) is 6. The average Bonchev–Trinajstić information content (AvgIpc) is 2.93. The van der Waals surface area contributed by atoms with Crippen molar-refractivity contribution in [3.05, 3.63) is 0 Å². The van der Waals surface area contributed by atoms with Crippen molar-refractivity contribution in [3.8, 4) is 0 Å². The number of aliphatic hydroxyl groups is 1. The number of aliphatic hydroxyl groups excluding tert-OH is 1. The van der Waals surface area contributed by atoms with Gasteiger partial charge < -0.3 is 28.8 Å². The van der Waals surface area contributed by atoms with Crippen LogP contribution >= 0.6 is 0 Å². The summed E-state index contributed by atoms with van der Waals surface area (Å²) in [4.78, 5) is 0. The fourth-order valence-electron chi connectivity index (χ4n) is 2.94. The van der Waals surface area contributed by atoms with Gasteiger partial charge in [0.05, 0.1) is 6.61 Å². The second kappa shape index (κ2) is 5.63. The number of hydrogen-bond donors (Lipinski definition) is 1. The van der Waals surface area contributed by atoms with Gasteiger partial charge >= 0.3 is 0 Å². The van der Waals surface area contributed by atoms with E-state index in [1.165, 1.54) is 0 Å². The Kier molecular flexibility index (Phi) is 4.07. The van der Waals surface area contributed by atoms with E-state index in [0.29, 0.717) is 0 Å². The van der Waals surface area contributed by atoms with Gasteiger partial charge in [-0.1, -0.05) is 13.3 Å². The lowest BCUT2D eigenvalue weighted by molar-refractivity contribution is -0.295. The maximum absolute atomic E-state index is 9.35. The average molecular weight is 274 g/mol. The Balaban J connectivity index is 1.64. The van der Waals surface area contributed by atoms with Crippen molar-refractivity contribution in [1.82, 2.24) is 0 Å². The van der Waals surface area contributed by atoms with Crippen LogP contribution < -0.4 is 0 Å². The first-order chi connectivity index (χ1) is 9.22. The van der Waals surface area contributed by atoms with Crippen molar-refractivity contribution < 1.29 is 28.8 Å². The molecular weight excluding hydrogens is 252 g/mol. The molecule has 3 saturated heterocycles. The fraction of sp³-hybridized carbons (Fsp3) is 1.00. The maximum atomic E-state index is 9.35. The summed E-state index contributed by atoms with van der Waals surface area (Å²) in [5.74, 6) is 0. The molecule has 0 amide bonds. The Bertz CT molecular complexity index is 312. The summed E-state index contributed by atoms with van der Waals surface area (Å²) >= 11 is 0. The van der Waals surface area contributed by atoms with Crippen LogP contribution in [-0.4, -0.2) is 55.0 Å². The SMILES string of the molecule is CCCCC1OC2OC3C(CO)OC(C)OC3C2O1. The molecule has 0 saturated carbocycles. The van der Waals surface area contributed by atoms with Gasteiger partial charge in [0, 0.05) is 0 Å². The van der Waals surface area contributed by atoms with Gasteiger partial charge in [-0.3, -0.25) is 0 Å². The van der Waals surface area contributed by atoms with E-state index < -0.39 is 6.29 Å². The normalized spacial score (nSPS) is 49.1. The summed E-state index contributed by atoms with van der Waals surface area (Å²) in [6.45, 7) is 3.86. The second-order valence-electron chi connectivity index (χ2n) is 5.30. The Morgan fingerprint density at radius 1 is 0.947 bits per heavy atom. The van der Waals surface area contributed by atoms with Crippen LogP contribution in [0.25, 0.3) is 0 Å². The standard InChI is InChI=1S/C13H22O6/c1-3-4-5-9-17-12-11-10(19-13(12)18-9)8(6-14)15-7(2)16-11/h7-14H,3-6H2,1-2H3. The third-order valence-corrected chi connectivity index (χ3v) is 3.86. The summed E-state index contributed by atoms with van der Waals surface area (Å²) in [5.41, 5.74) is 0. The highest BCUT2D eigenvalue weighted by atomic mass is 16.8. The predicted octanol–water partition coefficient (Wildman–Crippen LogP) is 0.765. The Morgan fingerprint density at radius 2 is 1.79 bits per heavy atom.